The monoisotopic (exact) mass is 288 g/mol. The Hall–Kier alpha value is -0.900. The van der Waals surface area contributed by atoms with E-state index in [1.54, 1.807) is 0 Å². The Balaban J connectivity index is 1.51. The number of aromatic nitrogens is 3. The minimum Gasteiger partial charge on any atom is -0.311 e. The van der Waals surface area contributed by atoms with Crippen molar-refractivity contribution in [2.45, 2.75) is 82.8 Å². The highest BCUT2D eigenvalue weighted by molar-refractivity contribution is 5.12. The normalized spacial score (nSPS) is 30.0. The third kappa shape index (κ3) is 2.75. The van der Waals surface area contributed by atoms with E-state index in [4.69, 9.17) is 0 Å². The topological polar surface area (TPSA) is 34.0 Å². The Morgan fingerprint density at radius 3 is 2.48 bits per heavy atom. The summed E-state index contributed by atoms with van der Waals surface area (Å²) in [5, 5.41) is 9.11. The zero-order chi connectivity index (χ0) is 14.4. The van der Waals surface area contributed by atoms with E-state index in [0.717, 1.165) is 18.5 Å². The largest absolute Gasteiger partial charge is 0.311 e. The lowest BCUT2D eigenvalue weighted by Crippen LogP contribution is -2.39. The van der Waals surface area contributed by atoms with Crippen molar-refractivity contribution in [3.8, 4) is 0 Å². The molecule has 1 aromatic rings. The van der Waals surface area contributed by atoms with E-state index in [-0.39, 0.29) is 0 Å². The van der Waals surface area contributed by atoms with Crippen molar-refractivity contribution in [2.75, 3.05) is 7.05 Å². The molecule has 3 aliphatic rings. The molecule has 0 unspecified atom stereocenters. The molecule has 116 valence electrons. The highest BCUT2D eigenvalue weighted by Gasteiger charge is 2.36. The molecule has 1 heterocycles. The third-order valence-corrected chi connectivity index (χ3v) is 5.67. The van der Waals surface area contributed by atoms with Crippen LogP contribution in [0.5, 0.6) is 0 Å². The molecular weight excluding hydrogens is 260 g/mol. The van der Waals surface area contributed by atoms with E-state index in [0.29, 0.717) is 12.0 Å². The van der Waals surface area contributed by atoms with E-state index in [2.05, 4.69) is 33.6 Å². The van der Waals surface area contributed by atoms with E-state index in [9.17, 15) is 0 Å². The molecule has 21 heavy (non-hydrogen) atoms. The van der Waals surface area contributed by atoms with Gasteiger partial charge in [-0.2, -0.15) is 0 Å². The Labute approximate surface area is 127 Å². The second-order valence-electron chi connectivity index (χ2n) is 7.59. The van der Waals surface area contributed by atoms with Crippen molar-refractivity contribution in [3.05, 3.63) is 11.6 Å². The average molecular weight is 288 g/mol. The van der Waals surface area contributed by atoms with Gasteiger partial charge in [-0.05, 0) is 51.5 Å². The molecule has 4 rings (SSSR count). The van der Waals surface area contributed by atoms with E-state index in [1.807, 2.05) is 0 Å². The molecule has 0 aromatic carbocycles. The van der Waals surface area contributed by atoms with Gasteiger partial charge in [-0.15, -0.1) is 10.2 Å². The summed E-state index contributed by atoms with van der Waals surface area (Å²) in [6.07, 6.45) is 10.8. The number of rotatable bonds is 5. The van der Waals surface area contributed by atoms with Crippen LogP contribution < -0.4 is 0 Å². The first-order valence-corrected chi connectivity index (χ1v) is 8.88. The Kier molecular flexibility index (Phi) is 3.52. The molecule has 0 aliphatic heterocycles. The Morgan fingerprint density at radius 2 is 1.81 bits per heavy atom. The SMILES string of the molecule is C[C@@H]1CCCC[C@@H]1N(C)Cc1nnc(C2CC2)n1C1CC1. The fourth-order valence-electron chi connectivity index (χ4n) is 4.09. The number of hydrogen-bond acceptors (Lipinski definition) is 3. The first-order chi connectivity index (χ1) is 10.2. The number of hydrogen-bond donors (Lipinski definition) is 0. The summed E-state index contributed by atoms with van der Waals surface area (Å²) < 4.78 is 2.50. The van der Waals surface area contributed by atoms with Crippen molar-refractivity contribution >= 4 is 0 Å². The lowest BCUT2D eigenvalue weighted by molar-refractivity contribution is 0.129. The summed E-state index contributed by atoms with van der Waals surface area (Å²) >= 11 is 0. The van der Waals surface area contributed by atoms with Crippen molar-refractivity contribution < 1.29 is 0 Å². The van der Waals surface area contributed by atoms with Crippen molar-refractivity contribution in [1.82, 2.24) is 19.7 Å². The van der Waals surface area contributed by atoms with Crippen LogP contribution >= 0.6 is 0 Å². The molecule has 4 nitrogen and oxygen atoms in total. The molecule has 0 N–H and O–H groups in total. The minimum absolute atomic E-state index is 0.711. The fourth-order valence-corrected chi connectivity index (χ4v) is 4.09. The lowest BCUT2D eigenvalue weighted by Gasteiger charge is -2.36. The van der Waals surface area contributed by atoms with Crippen LogP contribution in [0.3, 0.4) is 0 Å². The van der Waals surface area contributed by atoms with Crippen LogP contribution in [-0.2, 0) is 6.54 Å². The van der Waals surface area contributed by atoms with Crippen LogP contribution in [0, 0.1) is 5.92 Å². The summed E-state index contributed by atoms with van der Waals surface area (Å²) in [5.41, 5.74) is 0. The Bertz CT molecular complexity index is 501. The van der Waals surface area contributed by atoms with Crippen molar-refractivity contribution in [1.29, 1.82) is 0 Å². The highest BCUT2D eigenvalue weighted by Crippen LogP contribution is 2.44. The average Bonchev–Trinajstić information content (AvgIpc) is 3.39. The second kappa shape index (κ2) is 5.38. The van der Waals surface area contributed by atoms with Gasteiger partial charge in [0.2, 0.25) is 0 Å². The first kappa shape index (κ1) is 13.7. The van der Waals surface area contributed by atoms with Crippen LogP contribution in [0.1, 0.15) is 81.9 Å². The Morgan fingerprint density at radius 1 is 1.05 bits per heavy atom. The quantitative estimate of drug-likeness (QED) is 0.831. The van der Waals surface area contributed by atoms with Gasteiger partial charge >= 0.3 is 0 Å². The minimum atomic E-state index is 0.711. The zero-order valence-corrected chi connectivity index (χ0v) is 13.5. The summed E-state index contributed by atoms with van der Waals surface area (Å²) in [5.74, 6) is 4.05. The molecule has 0 saturated heterocycles. The predicted molar refractivity (Wildman–Crippen MR) is 83.2 cm³/mol. The predicted octanol–water partition coefficient (Wildman–Crippen LogP) is 3.50. The van der Waals surface area contributed by atoms with E-state index in [1.165, 1.54) is 63.0 Å². The van der Waals surface area contributed by atoms with Crippen LogP contribution in [0.2, 0.25) is 0 Å². The maximum Gasteiger partial charge on any atom is 0.147 e. The van der Waals surface area contributed by atoms with Crippen molar-refractivity contribution in [3.63, 3.8) is 0 Å². The zero-order valence-electron chi connectivity index (χ0n) is 13.5. The van der Waals surface area contributed by atoms with Crippen molar-refractivity contribution in [2.24, 2.45) is 5.92 Å². The molecular formula is C17H28N4. The van der Waals surface area contributed by atoms with Crippen LogP contribution in [0.4, 0.5) is 0 Å². The molecule has 3 saturated carbocycles. The lowest BCUT2D eigenvalue weighted by atomic mass is 9.85. The number of nitrogens with zero attached hydrogens (tertiary/aromatic N) is 4. The summed E-state index contributed by atoms with van der Waals surface area (Å²) in [6.45, 7) is 3.40. The molecule has 0 radical (unpaired) electrons. The first-order valence-electron chi connectivity index (χ1n) is 8.88. The summed E-state index contributed by atoms with van der Waals surface area (Å²) in [6, 6.07) is 1.44. The van der Waals surface area contributed by atoms with Gasteiger partial charge < -0.3 is 4.57 Å². The summed E-state index contributed by atoms with van der Waals surface area (Å²) in [7, 11) is 2.29. The maximum atomic E-state index is 4.57. The molecule has 4 heteroatoms. The third-order valence-electron chi connectivity index (χ3n) is 5.67. The van der Waals surface area contributed by atoms with Gasteiger partial charge in [0.05, 0.1) is 6.54 Å². The summed E-state index contributed by atoms with van der Waals surface area (Å²) in [4.78, 5) is 2.55. The highest BCUT2D eigenvalue weighted by atomic mass is 15.3. The fraction of sp³-hybridized carbons (Fsp3) is 0.882. The van der Waals surface area contributed by atoms with E-state index < -0.39 is 0 Å². The van der Waals surface area contributed by atoms with Crippen LogP contribution in [-0.4, -0.2) is 32.8 Å². The van der Waals surface area contributed by atoms with Crippen LogP contribution in [0.15, 0.2) is 0 Å². The molecule has 0 bridgehead atoms. The standard InChI is InChI=1S/C17H28N4/c1-12-5-3-4-6-15(12)20(2)11-16-18-19-17(13-7-8-13)21(16)14-9-10-14/h12-15H,3-11H2,1-2H3/t12-,15+/m1/s1. The van der Waals surface area contributed by atoms with Crippen LogP contribution in [0.25, 0.3) is 0 Å². The van der Waals surface area contributed by atoms with E-state index >= 15 is 0 Å². The second-order valence-corrected chi connectivity index (χ2v) is 7.59. The molecule has 0 amide bonds. The molecule has 3 fully saturated rings. The van der Waals surface area contributed by atoms with Gasteiger partial charge in [-0.1, -0.05) is 19.8 Å². The van der Waals surface area contributed by atoms with Gasteiger partial charge in [0.1, 0.15) is 11.6 Å². The van der Waals surface area contributed by atoms with Gasteiger partial charge in [0.15, 0.2) is 0 Å². The molecule has 0 spiro atoms. The van der Waals surface area contributed by atoms with Gasteiger partial charge in [-0.3, -0.25) is 4.90 Å². The maximum absolute atomic E-state index is 4.57. The molecule has 1 aromatic heterocycles. The van der Waals surface area contributed by atoms with Gasteiger partial charge in [0.25, 0.3) is 0 Å². The molecule has 3 aliphatic carbocycles. The smallest absolute Gasteiger partial charge is 0.147 e. The van der Waals surface area contributed by atoms with Gasteiger partial charge in [-0.25, -0.2) is 0 Å². The van der Waals surface area contributed by atoms with Gasteiger partial charge in [0, 0.05) is 18.0 Å². The molecule has 2 atom stereocenters.